The molecule has 11 heteroatoms. The number of nitrogens with zero attached hydrogens (tertiary/aromatic N) is 1. The number of para-hydroxylation sites is 2. The smallest absolute Gasteiger partial charge is 0.220 e. The zero-order valence-electron chi connectivity index (χ0n) is 27.5. The minimum absolute atomic E-state index is 0.0196. The molecule has 0 saturated carbocycles. The fourth-order valence-corrected chi connectivity index (χ4v) is 6.20. The summed E-state index contributed by atoms with van der Waals surface area (Å²) in [7, 11) is 4.72. The van der Waals surface area contributed by atoms with Crippen LogP contribution in [0.4, 0.5) is 5.69 Å². The minimum Gasteiger partial charge on any atom is -0.493 e. The molecular weight excluding hydrogens is 598 g/mol. The van der Waals surface area contributed by atoms with Gasteiger partial charge in [-0.1, -0.05) is 24.6 Å². The van der Waals surface area contributed by atoms with Crippen LogP contribution in [0.2, 0.25) is 0 Å². The van der Waals surface area contributed by atoms with Crippen LogP contribution >= 0.6 is 0 Å². The predicted molar refractivity (Wildman–Crippen MR) is 182 cm³/mol. The molecule has 0 bridgehead atoms. The highest BCUT2D eigenvalue weighted by Gasteiger charge is 2.29. The summed E-state index contributed by atoms with van der Waals surface area (Å²) < 4.78 is 17.1. The molecule has 1 heterocycles. The standard InChI is InChI=1S/C36H43N5O6/c1-22(42)39-26-15-13-23-20-31(45-2)35(46-3)36(47-4)34(23)24-14-16-29(30(43)21-25(24)26)37-18-9-5-6-12-33(44)38-19-17-32-40-27-10-7-8-11-28(27)41-32/h7-8,10-11,14,16,20-21,26H,5-6,9,12-13,15,17-19H2,1-4H3,(H,37,43)(H,38,44)(H,39,42)(H,40,41)/t26-/m1/s1. The van der Waals surface area contributed by atoms with E-state index in [2.05, 4.69) is 25.9 Å². The van der Waals surface area contributed by atoms with Crippen LogP contribution in [0.1, 0.15) is 62.0 Å². The Morgan fingerprint density at radius 1 is 0.957 bits per heavy atom. The Kier molecular flexibility index (Phi) is 11.0. The van der Waals surface area contributed by atoms with Gasteiger partial charge >= 0.3 is 0 Å². The molecule has 0 saturated heterocycles. The van der Waals surface area contributed by atoms with E-state index < -0.39 is 0 Å². The van der Waals surface area contributed by atoms with Gasteiger partial charge in [0.2, 0.25) is 23.0 Å². The molecule has 1 aliphatic carbocycles. The van der Waals surface area contributed by atoms with E-state index in [1.54, 1.807) is 33.5 Å². The van der Waals surface area contributed by atoms with Crippen molar-refractivity contribution in [3.63, 3.8) is 0 Å². The number of hydrogen-bond donors (Lipinski definition) is 4. The van der Waals surface area contributed by atoms with Crippen molar-refractivity contribution in [3.05, 3.63) is 75.7 Å². The van der Waals surface area contributed by atoms with Gasteiger partial charge in [-0.2, -0.15) is 0 Å². The van der Waals surface area contributed by atoms with E-state index in [1.807, 2.05) is 36.4 Å². The van der Waals surface area contributed by atoms with Crippen molar-refractivity contribution < 1.29 is 23.8 Å². The molecule has 0 fully saturated rings. The summed E-state index contributed by atoms with van der Waals surface area (Å²) in [6.07, 6.45) is 4.70. The Bertz CT molecular complexity index is 1770. The largest absolute Gasteiger partial charge is 0.493 e. The summed E-state index contributed by atoms with van der Waals surface area (Å²) >= 11 is 0. The number of aromatic amines is 1. The summed E-state index contributed by atoms with van der Waals surface area (Å²) in [4.78, 5) is 45.8. The fraction of sp³-hybridized carbons (Fsp3) is 0.389. The molecule has 3 aromatic carbocycles. The number of ether oxygens (including phenoxy) is 3. The molecular formula is C36H43N5O6. The van der Waals surface area contributed by atoms with Crippen LogP contribution in [0.5, 0.6) is 17.2 Å². The Morgan fingerprint density at radius 2 is 1.77 bits per heavy atom. The number of aryl methyl sites for hydroxylation is 1. The third kappa shape index (κ3) is 7.85. The highest BCUT2D eigenvalue weighted by Crippen LogP contribution is 2.50. The van der Waals surface area contributed by atoms with Gasteiger partial charge in [-0.25, -0.2) is 4.98 Å². The second kappa shape index (κ2) is 15.5. The lowest BCUT2D eigenvalue weighted by molar-refractivity contribution is -0.121. The molecule has 0 spiro atoms. The number of fused-ring (bicyclic) bond motifs is 4. The number of carbonyl (C=O) groups excluding carboxylic acids is 2. The zero-order valence-corrected chi connectivity index (χ0v) is 27.5. The first-order chi connectivity index (χ1) is 22.8. The number of benzene rings is 2. The summed E-state index contributed by atoms with van der Waals surface area (Å²) in [5.74, 6) is 2.23. The van der Waals surface area contributed by atoms with Crippen LogP contribution in [0.3, 0.4) is 0 Å². The molecule has 1 aliphatic rings. The summed E-state index contributed by atoms with van der Waals surface area (Å²) in [6.45, 7) is 2.59. The van der Waals surface area contributed by atoms with Crippen LogP contribution in [-0.4, -0.2) is 56.2 Å². The summed E-state index contributed by atoms with van der Waals surface area (Å²) in [5, 5.41) is 9.29. The third-order valence-electron chi connectivity index (χ3n) is 8.43. The number of anilines is 1. The van der Waals surface area contributed by atoms with Crippen molar-refractivity contribution in [1.29, 1.82) is 0 Å². The van der Waals surface area contributed by atoms with Gasteiger partial charge < -0.3 is 35.1 Å². The SMILES string of the molecule is COc1cc2c(c(OC)c1OC)-c1ccc(NCCCCCC(=O)NCCc3nc4ccccc4[nH]3)c(=O)cc1[C@H](NC(C)=O)CC2. The van der Waals surface area contributed by atoms with Crippen LogP contribution in [0, 0.1) is 0 Å². The zero-order chi connectivity index (χ0) is 33.3. The van der Waals surface area contributed by atoms with Gasteiger partial charge in [0.05, 0.1) is 44.1 Å². The third-order valence-corrected chi connectivity index (χ3v) is 8.43. The van der Waals surface area contributed by atoms with E-state index in [0.717, 1.165) is 52.8 Å². The van der Waals surface area contributed by atoms with Crippen molar-refractivity contribution in [2.24, 2.45) is 0 Å². The molecule has 5 rings (SSSR count). The van der Waals surface area contributed by atoms with Crippen LogP contribution in [-0.2, 0) is 22.4 Å². The summed E-state index contributed by atoms with van der Waals surface area (Å²) in [5.41, 5.74) is 5.49. The Morgan fingerprint density at radius 3 is 2.51 bits per heavy atom. The van der Waals surface area contributed by atoms with Crippen molar-refractivity contribution in [2.75, 3.05) is 39.7 Å². The molecule has 4 N–H and O–H groups in total. The molecule has 4 aromatic rings. The van der Waals surface area contributed by atoms with Gasteiger partial charge in [0.1, 0.15) is 5.82 Å². The second-order valence-electron chi connectivity index (χ2n) is 11.6. The van der Waals surface area contributed by atoms with E-state index in [1.165, 1.54) is 6.92 Å². The van der Waals surface area contributed by atoms with E-state index in [4.69, 9.17) is 14.2 Å². The number of unbranched alkanes of at least 4 members (excludes halogenated alkanes) is 2. The first kappa shape index (κ1) is 33.3. The lowest BCUT2D eigenvalue weighted by Crippen LogP contribution is -2.26. The highest BCUT2D eigenvalue weighted by atomic mass is 16.5. The van der Waals surface area contributed by atoms with E-state index in [0.29, 0.717) is 67.3 Å². The van der Waals surface area contributed by atoms with E-state index in [-0.39, 0.29) is 23.3 Å². The Balaban J connectivity index is 1.21. The predicted octanol–water partition coefficient (Wildman–Crippen LogP) is 5.07. The number of imidazole rings is 1. The van der Waals surface area contributed by atoms with Gasteiger partial charge in [0, 0.05) is 38.4 Å². The maximum Gasteiger partial charge on any atom is 0.220 e. The molecule has 248 valence electrons. The molecule has 1 aromatic heterocycles. The lowest BCUT2D eigenvalue weighted by atomic mass is 9.95. The number of methoxy groups -OCH3 is 3. The molecule has 0 unspecified atom stereocenters. The monoisotopic (exact) mass is 641 g/mol. The van der Waals surface area contributed by atoms with Crippen molar-refractivity contribution in [3.8, 4) is 28.4 Å². The molecule has 0 aliphatic heterocycles. The van der Waals surface area contributed by atoms with Crippen LogP contribution < -0.4 is 35.6 Å². The average molecular weight is 642 g/mol. The lowest BCUT2D eigenvalue weighted by Gasteiger charge is -2.19. The second-order valence-corrected chi connectivity index (χ2v) is 11.6. The molecule has 0 radical (unpaired) electrons. The quantitative estimate of drug-likeness (QED) is 0.140. The maximum atomic E-state index is 13.5. The topological polar surface area (TPSA) is 144 Å². The average Bonchev–Trinajstić information content (AvgIpc) is 3.34. The van der Waals surface area contributed by atoms with E-state index in [9.17, 15) is 14.4 Å². The van der Waals surface area contributed by atoms with E-state index >= 15 is 0 Å². The van der Waals surface area contributed by atoms with Gasteiger partial charge in [-0.15, -0.1) is 0 Å². The molecule has 47 heavy (non-hydrogen) atoms. The maximum absolute atomic E-state index is 13.5. The first-order valence-corrected chi connectivity index (χ1v) is 16.0. The summed E-state index contributed by atoms with van der Waals surface area (Å²) in [6, 6.07) is 14.7. The molecule has 1 atom stereocenters. The van der Waals surface area contributed by atoms with Crippen molar-refractivity contribution in [1.82, 2.24) is 20.6 Å². The number of hydrogen-bond acceptors (Lipinski definition) is 8. The van der Waals surface area contributed by atoms with Gasteiger partial charge in [-0.3, -0.25) is 14.4 Å². The van der Waals surface area contributed by atoms with Crippen molar-refractivity contribution in [2.45, 2.75) is 57.9 Å². The van der Waals surface area contributed by atoms with Gasteiger partial charge in [0.15, 0.2) is 11.5 Å². The van der Waals surface area contributed by atoms with Crippen molar-refractivity contribution >= 4 is 28.5 Å². The Labute approximate surface area is 274 Å². The van der Waals surface area contributed by atoms with Crippen LogP contribution in [0.25, 0.3) is 22.2 Å². The highest BCUT2D eigenvalue weighted by molar-refractivity contribution is 5.84. The minimum atomic E-state index is -0.366. The number of H-pyrrole nitrogens is 1. The van der Waals surface area contributed by atoms with Crippen LogP contribution in [0.15, 0.2) is 53.3 Å². The number of carbonyl (C=O) groups is 2. The number of rotatable bonds is 14. The number of nitrogens with one attached hydrogen (secondary N) is 4. The number of aromatic nitrogens is 2. The first-order valence-electron chi connectivity index (χ1n) is 16.0. The molecule has 11 nitrogen and oxygen atoms in total. The normalized spacial score (nSPS) is 13.6. The fourth-order valence-electron chi connectivity index (χ4n) is 6.20. The van der Waals surface area contributed by atoms with Gasteiger partial charge in [0.25, 0.3) is 0 Å². The number of amides is 2. The Hall–Kier alpha value is -5.06. The molecule has 2 amide bonds. The van der Waals surface area contributed by atoms with Gasteiger partial charge in [-0.05, 0) is 72.7 Å².